The summed E-state index contributed by atoms with van der Waals surface area (Å²) >= 11 is 1.06. The van der Waals surface area contributed by atoms with Crippen molar-refractivity contribution in [2.75, 3.05) is 18.5 Å². The summed E-state index contributed by atoms with van der Waals surface area (Å²) in [5, 5.41) is 3.13. The molecule has 0 aliphatic heterocycles. The molecule has 1 heterocycles. The fourth-order valence-corrected chi connectivity index (χ4v) is 3.87. The first-order chi connectivity index (χ1) is 13.5. The molecule has 0 spiro atoms. The number of nitrogens with one attached hydrogen (secondary N) is 1. The van der Waals surface area contributed by atoms with Gasteiger partial charge in [0.15, 0.2) is 0 Å². The lowest BCUT2D eigenvalue weighted by atomic mass is 10.1. The van der Waals surface area contributed by atoms with Crippen molar-refractivity contribution in [3.8, 4) is 0 Å². The Labute approximate surface area is 167 Å². The smallest absolute Gasteiger partial charge is 0.348 e. The molecule has 1 aromatic carbocycles. The SMILES string of the molecule is CCOC(=O)c1c(NC(=O)C2CC2)sc(C(=O)OCCc2ccccc2)c1C. The maximum absolute atomic E-state index is 12.6. The summed E-state index contributed by atoms with van der Waals surface area (Å²) in [5.41, 5.74) is 1.78. The number of anilines is 1. The lowest BCUT2D eigenvalue weighted by molar-refractivity contribution is -0.117. The van der Waals surface area contributed by atoms with Crippen LogP contribution in [0.2, 0.25) is 0 Å². The van der Waals surface area contributed by atoms with E-state index in [1.807, 2.05) is 30.3 Å². The number of hydrogen-bond acceptors (Lipinski definition) is 6. The van der Waals surface area contributed by atoms with Crippen molar-refractivity contribution in [3.05, 3.63) is 51.9 Å². The number of rotatable bonds is 8. The molecule has 1 aromatic heterocycles. The summed E-state index contributed by atoms with van der Waals surface area (Å²) in [6.45, 7) is 3.82. The molecule has 6 nitrogen and oxygen atoms in total. The van der Waals surface area contributed by atoms with Crippen LogP contribution < -0.4 is 5.32 Å². The van der Waals surface area contributed by atoms with E-state index in [1.165, 1.54) is 0 Å². The number of carbonyl (C=O) groups is 3. The number of hydrogen-bond donors (Lipinski definition) is 1. The quantitative estimate of drug-likeness (QED) is 0.677. The second kappa shape index (κ2) is 9.01. The van der Waals surface area contributed by atoms with Crippen molar-refractivity contribution < 1.29 is 23.9 Å². The summed E-state index contributed by atoms with van der Waals surface area (Å²) in [6.07, 6.45) is 2.30. The van der Waals surface area contributed by atoms with Crippen LogP contribution >= 0.6 is 11.3 Å². The van der Waals surface area contributed by atoms with Crippen molar-refractivity contribution in [2.45, 2.75) is 33.1 Å². The Morgan fingerprint density at radius 3 is 2.46 bits per heavy atom. The number of carbonyl (C=O) groups excluding carboxylic acids is 3. The molecule has 0 unspecified atom stereocenters. The van der Waals surface area contributed by atoms with Gasteiger partial charge in [0.25, 0.3) is 0 Å². The van der Waals surface area contributed by atoms with E-state index in [4.69, 9.17) is 9.47 Å². The van der Waals surface area contributed by atoms with E-state index in [2.05, 4.69) is 5.32 Å². The first-order valence-corrected chi connectivity index (χ1v) is 10.1. The van der Waals surface area contributed by atoms with Gasteiger partial charge in [-0.2, -0.15) is 0 Å². The van der Waals surface area contributed by atoms with E-state index in [9.17, 15) is 14.4 Å². The van der Waals surface area contributed by atoms with E-state index < -0.39 is 11.9 Å². The monoisotopic (exact) mass is 401 g/mol. The van der Waals surface area contributed by atoms with Gasteiger partial charge in [-0.1, -0.05) is 30.3 Å². The maximum Gasteiger partial charge on any atom is 0.348 e. The summed E-state index contributed by atoms with van der Waals surface area (Å²) in [6, 6.07) is 9.73. The molecule has 1 N–H and O–H groups in total. The lowest BCUT2D eigenvalue weighted by Gasteiger charge is -2.06. The van der Waals surface area contributed by atoms with Crippen LogP contribution in [-0.2, 0) is 20.7 Å². The molecule has 1 fully saturated rings. The van der Waals surface area contributed by atoms with Gasteiger partial charge in [-0.05, 0) is 37.8 Å². The minimum Gasteiger partial charge on any atom is -0.462 e. The molecule has 148 valence electrons. The van der Waals surface area contributed by atoms with Gasteiger partial charge < -0.3 is 14.8 Å². The highest BCUT2D eigenvalue weighted by Gasteiger charge is 2.33. The highest BCUT2D eigenvalue weighted by molar-refractivity contribution is 7.18. The molecule has 7 heteroatoms. The van der Waals surface area contributed by atoms with Crippen LogP contribution in [0.3, 0.4) is 0 Å². The molecular weight excluding hydrogens is 378 g/mol. The largest absolute Gasteiger partial charge is 0.462 e. The van der Waals surface area contributed by atoms with Crippen LogP contribution in [0.4, 0.5) is 5.00 Å². The maximum atomic E-state index is 12.6. The van der Waals surface area contributed by atoms with Crippen molar-refractivity contribution >= 4 is 34.2 Å². The fraction of sp³-hybridized carbons (Fsp3) is 0.381. The molecule has 1 saturated carbocycles. The van der Waals surface area contributed by atoms with Gasteiger partial charge >= 0.3 is 11.9 Å². The Hall–Kier alpha value is -2.67. The molecule has 0 saturated heterocycles. The van der Waals surface area contributed by atoms with E-state index in [0.29, 0.717) is 21.9 Å². The molecule has 1 aliphatic rings. The zero-order valence-electron chi connectivity index (χ0n) is 15.9. The summed E-state index contributed by atoms with van der Waals surface area (Å²) in [5.74, 6) is -1.20. The van der Waals surface area contributed by atoms with Crippen LogP contribution in [0.1, 0.15) is 50.9 Å². The number of amides is 1. The van der Waals surface area contributed by atoms with Gasteiger partial charge in [0.1, 0.15) is 9.88 Å². The first kappa shape index (κ1) is 20.1. The van der Waals surface area contributed by atoms with Crippen molar-refractivity contribution in [1.29, 1.82) is 0 Å². The molecule has 1 amide bonds. The number of benzene rings is 1. The standard InChI is InChI=1S/C21H23NO5S/c1-3-26-20(24)16-13(2)17(28-19(16)22-18(23)15-9-10-15)21(25)27-12-11-14-7-5-4-6-8-14/h4-8,15H,3,9-12H2,1-2H3,(H,22,23). The average Bonchev–Trinajstić information content (AvgIpc) is 3.47. The molecule has 28 heavy (non-hydrogen) atoms. The Bertz CT molecular complexity index is 870. The van der Waals surface area contributed by atoms with Gasteiger partial charge in [-0.25, -0.2) is 9.59 Å². The van der Waals surface area contributed by atoms with Crippen molar-refractivity contribution in [2.24, 2.45) is 5.92 Å². The van der Waals surface area contributed by atoms with Gasteiger partial charge in [0, 0.05) is 12.3 Å². The fourth-order valence-electron chi connectivity index (χ4n) is 2.78. The van der Waals surface area contributed by atoms with Gasteiger partial charge in [-0.3, -0.25) is 4.79 Å². The molecule has 1 aliphatic carbocycles. The molecule has 3 rings (SSSR count). The first-order valence-electron chi connectivity index (χ1n) is 9.33. The normalized spacial score (nSPS) is 13.1. The minimum absolute atomic E-state index is 0.0151. The highest BCUT2D eigenvalue weighted by Crippen LogP contribution is 2.37. The van der Waals surface area contributed by atoms with Crippen LogP contribution in [0.25, 0.3) is 0 Å². The third-order valence-corrected chi connectivity index (χ3v) is 5.65. The topological polar surface area (TPSA) is 81.7 Å². The van der Waals surface area contributed by atoms with Gasteiger partial charge in [0.2, 0.25) is 5.91 Å². The van der Waals surface area contributed by atoms with Crippen molar-refractivity contribution in [3.63, 3.8) is 0 Å². The van der Waals surface area contributed by atoms with E-state index in [-0.39, 0.29) is 30.6 Å². The summed E-state index contributed by atoms with van der Waals surface area (Å²) in [7, 11) is 0. The predicted octanol–water partition coefficient (Wildman–Crippen LogP) is 3.98. The van der Waals surface area contributed by atoms with E-state index in [0.717, 1.165) is 29.7 Å². The Morgan fingerprint density at radius 2 is 1.82 bits per heavy atom. The molecule has 2 aromatic rings. The predicted molar refractivity (Wildman–Crippen MR) is 107 cm³/mol. The molecule has 0 atom stereocenters. The summed E-state index contributed by atoms with van der Waals surface area (Å²) < 4.78 is 10.5. The second-order valence-corrected chi connectivity index (χ2v) is 7.64. The van der Waals surface area contributed by atoms with Crippen molar-refractivity contribution in [1.82, 2.24) is 0 Å². The summed E-state index contributed by atoms with van der Waals surface area (Å²) in [4.78, 5) is 37.4. The minimum atomic E-state index is -0.550. The van der Waals surface area contributed by atoms with E-state index in [1.54, 1.807) is 13.8 Å². The van der Waals surface area contributed by atoms with Crippen LogP contribution in [0.15, 0.2) is 30.3 Å². The molecular formula is C21H23NO5S. The third-order valence-electron chi connectivity index (χ3n) is 4.46. The van der Waals surface area contributed by atoms with Crippen LogP contribution in [0, 0.1) is 12.8 Å². The number of thiophene rings is 1. The second-order valence-electron chi connectivity index (χ2n) is 6.62. The zero-order valence-corrected chi connectivity index (χ0v) is 16.8. The lowest BCUT2D eigenvalue weighted by Crippen LogP contribution is -2.16. The molecule has 0 radical (unpaired) electrons. The van der Waals surface area contributed by atoms with Crippen LogP contribution in [0.5, 0.6) is 0 Å². The number of esters is 2. The molecule has 0 bridgehead atoms. The van der Waals surface area contributed by atoms with E-state index >= 15 is 0 Å². The zero-order chi connectivity index (χ0) is 20.1. The van der Waals surface area contributed by atoms with Crippen LogP contribution in [-0.4, -0.2) is 31.1 Å². The van der Waals surface area contributed by atoms with Gasteiger partial charge in [0.05, 0.1) is 18.8 Å². The highest BCUT2D eigenvalue weighted by atomic mass is 32.1. The Balaban J connectivity index is 1.74. The number of ether oxygens (including phenoxy) is 2. The third kappa shape index (κ3) is 4.78. The van der Waals surface area contributed by atoms with Gasteiger partial charge in [-0.15, -0.1) is 11.3 Å². The Morgan fingerprint density at radius 1 is 1.11 bits per heavy atom. The average molecular weight is 401 g/mol. The Kier molecular flexibility index (Phi) is 6.46.